The molecule has 3 aromatic rings. The maximum atomic E-state index is 13.5. The van der Waals surface area contributed by atoms with E-state index in [2.05, 4.69) is 10.0 Å². The Labute approximate surface area is 211 Å². The summed E-state index contributed by atoms with van der Waals surface area (Å²) in [6, 6.07) is 17.2. The van der Waals surface area contributed by atoms with Crippen LogP contribution in [0.4, 0.5) is 10.5 Å². The number of hydrogen-bond acceptors (Lipinski definition) is 5. The highest BCUT2D eigenvalue weighted by molar-refractivity contribution is 7.89. The van der Waals surface area contributed by atoms with E-state index in [4.69, 9.17) is 4.74 Å². The number of piperidine rings is 1. The molecule has 190 valence electrons. The average Bonchev–Trinajstić information content (AvgIpc) is 2.86. The van der Waals surface area contributed by atoms with E-state index in [1.165, 1.54) is 0 Å². The molecule has 0 saturated carbocycles. The van der Waals surface area contributed by atoms with E-state index in [-0.39, 0.29) is 28.9 Å². The third kappa shape index (κ3) is 5.37. The second-order valence-corrected chi connectivity index (χ2v) is 10.7. The number of para-hydroxylation sites is 1. The van der Waals surface area contributed by atoms with Crippen molar-refractivity contribution in [3.8, 4) is 0 Å². The molecule has 1 saturated heterocycles. The first kappa shape index (κ1) is 25.7. The second kappa shape index (κ2) is 10.7. The highest BCUT2D eigenvalue weighted by atomic mass is 32.2. The Morgan fingerprint density at radius 1 is 1.03 bits per heavy atom. The average molecular weight is 510 g/mol. The lowest BCUT2D eigenvalue weighted by Crippen LogP contribution is -2.51. The number of benzene rings is 3. The largest absolute Gasteiger partial charge is 0.450 e. The smallest absolute Gasteiger partial charge is 0.409 e. The van der Waals surface area contributed by atoms with Gasteiger partial charge in [0, 0.05) is 35.8 Å². The Balaban J connectivity index is 1.58. The fraction of sp³-hybridized carbons (Fsp3) is 0.333. The minimum Gasteiger partial charge on any atom is -0.450 e. The summed E-state index contributed by atoms with van der Waals surface area (Å²) in [6.07, 6.45) is 0.102. The van der Waals surface area contributed by atoms with Gasteiger partial charge in [-0.15, -0.1) is 0 Å². The molecule has 2 amide bonds. The van der Waals surface area contributed by atoms with Gasteiger partial charge in [0.05, 0.1) is 11.5 Å². The number of ether oxygens (including phenoxy) is 1. The molecule has 1 heterocycles. The van der Waals surface area contributed by atoms with Gasteiger partial charge in [0.15, 0.2) is 0 Å². The van der Waals surface area contributed by atoms with E-state index < -0.39 is 10.0 Å². The molecule has 1 aliphatic heterocycles. The number of amides is 2. The first-order chi connectivity index (χ1) is 17.2. The molecule has 9 heteroatoms. The number of nitrogens with zero attached hydrogens (tertiary/aromatic N) is 1. The van der Waals surface area contributed by atoms with Crippen LogP contribution in [0.15, 0.2) is 65.6 Å². The SMILES string of the molecule is CCOC(=O)N1CC[C@@H](NS(=O)(=O)c2cccc3c(C(=O)Nc4ccccc4C)cccc23)[C@H](C)C1. The number of hydrogen-bond donors (Lipinski definition) is 2. The molecule has 36 heavy (non-hydrogen) atoms. The van der Waals surface area contributed by atoms with Crippen LogP contribution >= 0.6 is 0 Å². The first-order valence-electron chi connectivity index (χ1n) is 12.0. The van der Waals surface area contributed by atoms with Crippen molar-refractivity contribution in [2.24, 2.45) is 5.92 Å². The molecule has 0 spiro atoms. The van der Waals surface area contributed by atoms with Crippen LogP contribution in [0.5, 0.6) is 0 Å². The number of carbonyl (C=O) groups excluding carboxylic acids is 2. The van der Waals surface area contributed by atoms with Gasteiger partial charge in [-0.3, -0.25) is 4.79 Å². The van der Waals surface area contributed by atoms with Crippen molar-refractivity contribution >= 4 is 38.5 Å². The Morgan fingerprint density at radius 2 is 1.75 bits per heavy atom. The van der Waals surface area contributed by atoms with Crippen LogP contribution in [-0.2, 0) is 14.8 Å². The van der Waals surface area contributed by atoms with Gasteiger partial charge >= 0.3 is 6.09 Å². The number of rotatable bonds is 6. The summed E-state index contributed by atoms with van der Waals surface area (Å²) in [5, 5.41) is 3.95. The monoisotopic (exact) mass is 509 g/mol. The van der Waals surface area contributed by atoms with Gasteiger partial charge in [0.1, 0.15) is 0 Å². The first-order valence-corrected chi connectivity index (χ1v) is 13.5. The van der Waals surface area contributed by atoms with E-state index in [9.17, 15) is 18.0 Å². The summed E-state index contributed by atoms with van der Waals surface area (Å²) in [7, 11) is -3.89. The van der Waals surface area contributed by atoms with E-state index in [1.54, 1.807) is 48.2 Å². The van der Waals surface area contributed by atoms with Gasteiger partial charge in [0.2, 0.25) is 10.0 Å². The number of nitrogens with one attached hydrogen (secondary N) is 2. The molecule has 1 fully saturated rings. The van der Waals surface area contributed by atoms with E-state index in [0.29, 0.717) is 48.1 Å². The van der Waals surface area contributed by atoms with Crippen LogP contribution in [0.2, 0.25) is 0 Å². The number of sulfonamides is 1. The molecule has 0 radical (unpaired) electrons. The number of fused-ring (bicyclic) bond motifs is 1. The molecule has 2 atom stereocenters. The minimum atomic E-state index is -3.89. The third-order valence-corrected chi connectivity index (χ3v) is 8.10. The number of carbonyl (C=O) groups is 2. The van der Waals surface area contributed by atoms with E-state index in [1.807, 2.05) is 38.1 Å². The second-order valence-electron chi connectivity index (χ2n) is 9.06. The fourth-order valence-corrected chi connectivity index (χ4v) is 6.18. The summed E-state index contributed by atoms with van der Waals surface area (Å²) in [5.41, 5.74) is 2.03. The molecule has 8 nitrogen and oxygen atoms in total. The lowest BCUT2D eigenvalue weighted by molar-refractivity contribution is 0.0846. The predicted octanol–water partition coefficient (Wildman–Crippen LogP) is 4.55. The van der Waals surface area contributed by atoms with Crippen molar-refractivity contribution in [3.05, 3.63) is 71.8 Å². The van der Waals surface area contributed by atoms with Crippen molar-refractivity contribution < 1.29 is 22.7 Å². The van der Waals surface area contributed by atoms with Crippen molar-refractivity contribution in [1.29, 1.82) is 0 Å². The van der Waals surface area contributed by atoms with Gasteiger partial charge in [-0.1, -0.05) is 49.4 Å². The van der Waals surface area contributed by atoms with Crippen LogP contribution in [-0.4, -0.2) is 51.1 Å². The topological polar surface area (TPSA) is 105 Å². The molecular formula is C27H31N3O5S. The van der Waals surface area contributed by atoms with Gasteiger partial charge < -0.3 is 15.0 Å². The standard InChI is InChI=1S/C27H31N3O5S/c1-4-35-27(32)30-16-15-24(19(3)17-30)29-36(33,34)25-14-8-10-20-21(25)11-7-12-22(20)26(31)28-23-13-6-5-9-18(23)2/h5-14,19,24,29H,4,15-17H2,1-3H3,(H,28,31)/t19-,24-/m1/s1. The number of likely N-dealkylation sites (tertiary alicyclic amines) is 1. The summed E-state index contributed by atoms with van der Waals surface area (Å²) >= 11 is 0. The molecule has 0 bridgehead atoms. The van der Waals surface area contributed by atoms with Crippen LogP contribution < -0.4 is 10.0 Å². The highest BCUT2D eigenvalue weighted by Gasteiger charge is 2.33. The zero-order chi connectivity index (χ0) is 25.9. The van der Waals surface area contributed by atoms with Crippen LogP contribution in [0.3, 0.4) is 0 Å². The van der Waals surface area contributed by atoms with E-state index in [0.717, 1.165) is 5.56 Å². The predicted molar refractivity (Wildman–Crippen MR) is 140 cm³/mol. The van der Waals surface area contributed by atoms with Crippen LogP contribution in [0.25, 0.3) is 10.8 Å². The zero-order valence-corrected chi connectivity index (χ0v) is 21.5. The Kier molecular flexibility index (Phi) is 7.61. The van der Waals surface area contributed by atoms with E-state index >= 15 is 0 Å². The molecular weight excluding hydrogens is 478 g/mol. The lowest BCUT2D eigenvalue weighted by Gasteiger charge is -2.36. The summed E-state index contributed by atoms with van der Waals surface area (Å²) in [5.74, 6) is -0.402. The van der Waals surface area contributed by atoms with Crippen molar-refractivity contribution in [1.82, 2.24) is 9.62 Å². The maximum absolute atomic E-state index is 13.5. The maximum Gasteiger partial charge on any atom is 0.409 e. The fourth-order valence-electron chi connectivity index (χ4n) is 4.58. The molecule has 3 aromatic carbocycles. The van der Waals surface area contributed by atoms with Crippen LogP contribution in [0, 0.1) is 12.8 Å². The van der Waals surface area contributed by atoms with Crippen molar-refractivity contribution in [2.45, 2.75) is 38.1 Å². The van der Waals surface area contributed by atoms with Gasteiger partial charge in [-0.05, 0) is 55.3 Å². The molecule has 1 aliphatic rings. The van der Waals surface area contributed by atoms with Crippen molar-refractivity contribution in [3.63, 3.8) is 0 Å². The molecule has 0 aliphatic carbocycles. The van der Waals surface area contributed by atoms with Gasteiger partial charge in [-0.25, -0.2) is 17.9 Å². The van der Waals surface area contributed by atoms with Crippen molar-refractivity contribution in [2.75, 3.05) is 25.0 Å². The molecule has 4 rings (SSSR count). The third-order valence-electron chi connectivity index (χ3n) is 6.55. The highest BCUT2D eigenvalue weighted by Crippen LogP contribution is 2.28. The van der Waals surface area contributed by atoms with Gasteiger partial charge in [-0.2, -0.15) is 0 Å². The Hall–Kier alpha value is -3.43. The number of aryl methyl sites for hydroxylation is 1. The molecule has 0 aromatic heterocycles. The Morgan fingerprint density at radius 3 is 2.47 bits per heavy atom. The van der Waals surface area contributed by atoms with Gasteiger partial charge in [0.25, 0.3) is 5.91 Å². The van der Waals surface area contributed by atoms with Crippen LogP contribution in [0.1, 0.15) is 36.2 Å². The summed E-state index contributed by atoms with van der Waals surface area (Å²) in [4.78, 5) is 26.9. The zero-order valence-electron chi connectivity index (χ0n) is 20.7. The number of anilines is 1. The molecule has 0 unspecified atom stereocenters. The lowest BCUT2D eigenvalue weighted by atomic mass is 9.95. The molecule has 2 N–H and O–H groups in total. The summed E-state index contributed by atoms with van der Waals surface area (Å²) in [6.45, 7) is 6.69. The Bertz CT molecular complexity index is 1390. The minimum absolute atomic E-state index is 0.0941. The normalized spacial score (nSPS) is 18.1. The quantitative estimate of drug-likeness (QED) is 0.507. The summed E-state index contributed by atoms with van der Waals surface area (Å²) < 4.78 is 34.9.